The van der Waals surface area contributed by atoms with Gasteiger partial charge < -0.3 is 40.2 Å². The van der Waals surface area contributed by atoms with Gasteiger partial charge in [0.1, 0.15) is 35.0 Å². The lowest BCUT2D eigenvalue weighted by molar-refractivity contribution is -0.142. The number of H-pyrrole nitrogens is 1. The fraction of sp³-hybridized carbons (Fsp3) is 0.421. The zero-order chi connectivity index (χ0) is 22.7. The number of carboxylic acids is 1. The molecule has 1 aliphatic heterocycles. The first-order valence-corrected chi connectivity index (χ1v) is 9.79. The van der Waals surface area contributed by atoms with Crippen LogP contribution in [-0.4, -0.2) is 80.4 Å². The summed E-state index contributed by atoms with van der Waals surface area (Å²) in [6, 6.07) is 2.33. The molecule has 166 valence electrons. The molecule has 1 aromatic heterocycles. The number of likely N-dealkylation sites (N-methyl/N-ethyl adjacent to an activating group) is 1. The van der Waals surface area contributed by atoms with Gasteiger partial charge in [-0.3, -0.25) is 4.79 Å². The molecule has 11 nitrogen and oxygen atoms in total. The summed E-state index contributed by atoms with van der Waals surface area (Å²) in [6.45, 7) is 2.33. The minimum atomic E-state index is -1.56. The Morgan fingerprint density at radius 2 is 2.10 bits per heavy atom. The number of aromatic nitrogens is 2. The highest BCUT2D eigenvalue weighted by molar-refractivity contribution is 6.41. The Morgan fingerprint density at radius 1 is 1.39 bits per heavy atom. The lowest BCUT2D eigenvalue weighted by atomic mass is 9.82. The molecule has 31 heavy (non-hydrogen) atoms. The molecule has 0 aliphatic carbocycles. The van der Waals surface area contributed by atoms with Crippen LogP contribution in [-0.2, 0) is 11.2 Å². The summed E-state index contributed by atoms with van der Waals surface area (Å²) in [6.07, 6.45) is 1.22. The van der Waals surface area contributed by atoms with Gasteiger partial charge in [0.15, 0.2) is 0 Å². The number of aromatic amines is 1. The number of aryl methyl sites for hydroxylation is 2. The normalized spacial score (nSPS) is 14.8. The largest absolute Gasteiger partial charge is 0.507 e. The van der Waals surface area contributed by atoms with Crippen molar-refractivity contribution in [3.05, 3.63) is 41.0 Å². The van der Waals surface area contributed by atoms with E-state index in [2.05, 4.69) is 15.3 Å². The standard InChI is InChI=1S/C19H25BN4O7/c1-10-22-7-13(23-10)16(21-2)18(26)24-8-12(9-24)31-14-4-3-11(5-6-20(29)30)17(25)15(14)19(27)28/h3-4,7,12,16,21,25,29-30H,5-6,8-9H2,1-2H3,(H,22,23)(H,27,28). The summed E-state index contributed by atoms with van der Waals surface area (Å²) in [5, 5.41) is 40.8. The predicted octanol–water partition coefficient (Wildman–Crippen LogP) is -0.312. The van der Waals surface area contributed by atoms with E-state index >= 15 is 0 Å². The minimum absolute atomic E-state index is 0.00949. The van der Waals surface area contributed by atoms with Crippen molar-refractivity contribution in [1.82, 2.24) is 20.2 Å². The molecule has 0 spiro atoms. The molecule has 2 aromatic rings. The fourth-order valence-electron chi connectivity index (χ4n) is 3.46. The lowest BCUT2D eigenvalue weighted by Gasteiger charge is -2.40. The number of hydrogen-bond donors (Lipinski definition) is 6. The molecule has 1 aliphatic rings. The molecule has 3 rings (SSSR count). The van der Waals surface area contributed by atoms with Gasteiger partial charge in [-0.05, 0) is 38.3 Å². The van der Waals surface area contributed by atoms with Crippen molar-refractivity contribution in [3.8, 4) is 11.5 Å². The molecular weight excluding hydrogens is 407 g/mol. The number of aromatic carboxylic acids is 1. The van der Waals surface area contributed by atoms with E-state index < -0.39 is 36.5 Å². The number of hydrogen-bond acceptors (Lipinski definition) is 8. The molecule has 2 heterocycles. The number of nitrogens with zero attached hydrogens (tertiary/aromatic N) is 2. The monoisotopic (exact) mass is 432 g/mol. The van der Waals surface area contributed by atoms with Crippen LogP contribution < -0.4 is 10.1 Å². The van der Waals surface area contributed by atoms with Gasteiger partial charge in [0, 0.05) is 0 Å². The molecule has 0 bridgehead atoms. The number of carbonyl (C=O) groups excluding carboxylic acids is 1. The summed E-state index contributed by atoms with van der Waals surface area (Å²) in [5.41, 5.74) is 0.529. The smallest absolute Gasteiger partial charge is 0.451 e. The van der Waals surface area contributed by atoms with Gasteiger partial charge in [-0.1, -0.05) is 6.07 Å². The van der Waals surface area contributed by atoms with Crippen LogP contribution in [0.3, 0.4) is 0 Å². The van der Waals surface area contributed by atoms with Crippen molar-refractivity contribution in [2.75, 3.05) is 20.1 Å². The number of rotatable bonds is 9. The molecule has 12 heteroatoms. The van der Waals surface area contributed by atoms with Crippen LogP contribution in [0.5, 0.6) is 11.5 Å². The van der Waals surface area contributed by atoms with E-state index in [-0.39, 0.29) is 43.1 Å². The Labute approximate surface area is 178 Å². The average molecular weight is 432 g/mol. The van der Waals surface area contributed by atoms with Gasteiger partial charge in [-0.25, -0.2) is 9.78 Å². The lowest BCUT2D eigenvalue weighted by Crippen LogP contribution is -2.58. The number of carbonyl (C=O) groups is 2. The van der Waals surface area contributed by atoms with Crippen LogP contribution in [0.25, 0.3) is 0 Å². The highest BCUT2D eigenvalue weighted by Crippen LogP contribution is 2.34. The average Bonchev–Trinajstić information content (AvgIpc) is 3.09. The molecule has 0 radical (unpaired) electrons. The van der Waals surface area contributed by atoms with Gasteiger partial charge in [0.2, 0.25) is 5.91 Å². The van der Waals surface area contributed by atoms with E-state index in [9.17, 15) is 19.8 Å². The second-order valence-electron chi connectivity index (χ2n) is 7.40. The minimum Gasteiger partial charge on any atom is -0.507 e. The SMILES string of the molecule is CNC(C(=O)N1CC(Oc2ccc(CCB(O)O)c(O)c2C(=O)O)C1)c1cnc(C)[nH]1. The number of likely N-dealkylation sites (tertiary alicyclic amines) is 1. The molecule has 0 saturated carbocycles. The Balaban J connectivity index is 1.66. The number of benzene rings is 1. The van der Waals surface area contributed by atoms with Gasteiger partial charge in [0.25, 0.3) is 0 Å². The van der Waals surface area contributed by atoms with Crippen LogP contribution in [0.1, 0.15) is 33.5 Å². The van der Waals surface area contributed by atoms with E-state index in [0.717, 1.165) is 0 Å². The Morgan fingerprint density at radius 3 is 2.65 bits per heavy atom. The van der Waals surface area contributed by atoms with Crippen molar-refractivity contribution in [2.24, 2.45) is 0 Å². The molecule has 1 fully saturated rings. The van der Waals surface area contributed by atoms with E-state index in [0.29, 0.717) is 11.5 Å². The first kappa shape index (κ1) is 22.6. The summed E-state index contributed by atoms with van der Waals surface area (Å²) < 4.78 is 5.73. The molecule has 1 atom stereocenters. The predicted molar refractivity (Wildman–Crippen MR) is 110 cm³/mol. The maximum atomic E-state index is 12.8. The van der Waals surface area contributed by atoms with Crippen LogP contribution in [0.15, 0.2) is 18.3 Å². The number of imidazole rings is 1. The van der Waals surface area contributed by atoms with Gasteiger partial charge in [-0.15, -0.1) is 0 Å². The van der Waals surface area contributed by atoms with E-state index in [1.165, 1.54) is 12.1 Å². The second-order valence-corrected chi connectivity index (χ2v) is 7.40. The van der Waals surface area contributed by atoms with Crippen LogP contribution in [0.4, 0.5) is 0 Å². The number of nitrogens with one attached hydrogen (secondary N) is 2. The highest BCUT2D eigenvalue weighted by atomic mass is 16.5. The summed E-state index contributed by atoms with van der Waals surface area (Å²) in [7, 11) is 0.111. The first-order valence-electron chi connectivity index (χ1n) is 9.79. The Hall–Kier alpha value is -3.09. The van der Waals surface area contributed by atoms with E-state index in [1.54, 1.807) is 25.1 Å². The topological polar surface area (TPSA) is 168 Å². The number of phenols is 1. The fourth-order valence-corrected chi connectivity index (χ4v) is 3.46. The zero-order valence-electron chi connectivity index (χ0n) is 17.2. The molecule has 1 aromatic carbocycles. The third-order valence-corrected chi connectivity index (χ3v) is 5.13. The maximum absolute atomic E-state index is 12.8. The highest BCUT2D eigenvalue weighted by Gasteiger charge is 2.37. The van der Waals surface area contributed by atoms with Crippen LogP contribution in [0.2, 0.25) is 6.32 Å². The Kier molecular flexibility index (Phi) is 6.83. The van der Waals surface area contributed by atoms with Crippen LogP contribution in [0, 0.1) is 6.92 Å². The van der Waals surface area contributed by atoms with Crippen LogP contribution >= 0.6 is 0 Å². The summed E-state index contributed by atoms with van der Waals surface area (Å²) in [5.74, 6) is -1.31. The second kappa shape index (κ2) is 9.37. The van der Waals surface area contributed by atoms with Gasteiger partial charge >= 0.3 is 13.1 Å². The van der Waals surface area contributed by atoms with Crippen molar-refractivity contribution in [1.29, 1.82) is 0 Å². The van der Waals surface area contributed by atoms with Crippen molar-refractivity contribution >= 4 is 19.0 Å². The molecular formula is C19H25BN4O7. The van der Waals surface area contributed by atoms with Gasteiger partial charge in [0.05, 0.1) is 25.0 Å². The molecule has 1 amide bonds. The maximum Gasteiger partial charge on any atom is 0.451 e. The number of ether oxygens (including phenoxy) is 1. The number of amides is 1. The van der Waals surface area contributed by atoms with Crippen molar-refractivity contribution < 1.29 is 34.6 Å². The van der Waals surface area contributed by atoms with E-state index in [1.807, 2.05) is 0 Å². The molecule has 6 N–H and O–H groups in total. The number of aromatic hydroxyl groups is 1. The van der Waals surface area contributed by atoms with Crippen molar-refractivity contribution in [3.63, 3.8) is 0 Å². The summed E-state index contributed by atoms with van der Waals surface area (Å²) in [4.78, 5) is 33.1. The number of carboxylic acid groups (broad SMARTS) is 1. The van der Waals surface area contributed by atoms with Crippen molar-refractivity contribution in [2.45, 2.75) is 31.8 Å². The van der Waals surface area contributed by atoms with Gasteiger partial charge in [-0.2, -0.15) is 0 Å². The third kappa shape index (κ3) is 4.98. The molecule has 1 unspecified atom stereocenters. The zero-order valence-corrected chi connectivity index (χ0v) is 17.2. The first-order chi connectivity index (χ1) is 14.7. The van der Waals surface area contributed by atoms with E-state index in [4.69, 9.17) is 14.8 Å². The third-order valence-electron chi connectivity index (χ3n) is 5.13. The summed E-state index contributed by atoms with van der Waals surface area (Å²) >= 11 is 0. The molecule has 1 saturated heterocycles. The Bertz CT molecular complexity index is 959. The quantitative estimate of drug-likeness (QED) is 0.291.